The van der Waals surface area contributed by atoms with E-state index < -0.39 is 11.9 Å². The summed E-state index contributed by atoms with van der Waals surface area (Å²) < 4.78 is 41.3. The quantitative estimate of drug-likeness (QED) is 0.352. The van der Waals surface area contributed by atoms with Gasteiger partial charge in [-0.1, -0.05) is 11.6 Å². The van der Waals surface area contributed by atoms with Crippen molar-refractivity contribution in [3.63, 3.8) is 0 Å². The molecule has 1 amide bonds. The Morgan fingerprint density at radius 2 is 2.06 bits per heavy atom. The zero-order chi connectivity index (χ0) is 23.2. The Balaban J connectivity index is 1.43. The molecule has 0 bridgehead atoms. The highest BCUT2D eigenvalue weighted by Crippen LogP contribution is 2.36. The standard InChI is InChI=1S/C20H16ClF3N8O/c21-14-5-10(1-2-12(14)19(33)30-11-6-25-7-11)29-17-18-27-9-15(32(18)4-3-26-17)13-8-28-31-16(13)20(22,23)24/h1-5,8-9,11,25H,6-7H2,(H,26,29)(H,28,31)(H,30,33). The van der Waals surface area contributed by atoms with E-state index in [4.69, 9.17) is 11.6 Å². The lowest BCUT2D eigenvalue weighted by molar-refractivity contribution is -0.140. The SMILES string of the molecule is O=C(NC1CNC1)c1ccc(Nc2nccn3c(-c4c[nH]nc4C(F)(F)F)cnc23)cc1Cl. The van der Waals surface area contributed by atoms with Crippen molar-refractivity contribution in [2.75, 3.05) is 18.4 Å². The van der Waals surface area contributed by atoms with Gasteiger partial charge in [0.25, 0.3) is 5.91 Å². The fraction of sp³-hybridized carbons (Fsp3) is 0.200. The van der Waals surface area contributed by atoms with Crippen molar-refractivity contribution < 1.29 is 18.0 Å². The normalized spacial score (nSPS) is 14.3. The van der Waals surface area contributed by atoms with Gasteiger partial charge in [-0.3, -0.25) is 14.3 Å². The number of fused-ring (bicyclic) bond motifs is 1. The minimum Gasteiger partial charge on any atom is -0.347 e. The lowest BCUT2D eigenvalue weighted by Crippen LogP contribution is -2.56. The van der Waals surface area contributed by atoms with Gasteiger partial charge in [0.05, 0.1) is 34.1 Å². The van der Waals surface area contributed by atoms with Crippen molar-refractivity contribution in [3.05, 3.63) is 59.3 Å². The zero-order valence-corrected chi connectivity index (χ0v) is 17.5. The van der Waals surface area contributed by atoms with Gasteiger partial charge in [0.2, 0.25) is 0 Å². The van der Waals surface area contributed by atoms with Gasteiger partial charge in [0, 0.05) is 37.4 Å². The molecule has 0 radical (unpaired) electrons. The summed E-state index contributed by atoms with van der Waals surface area (Å²) in [5, 5.41) is 14.8. The molecule has 33 heavy (non-hydrogen) atoms. The van der Waals surface area contributed by atoms with E-state index in [0.717, 1.165) is 0 Å². The fourth-order valence-corrected chi connectivity index (χ4v) is 3.74. The number of hydrogen-bond donors (Lipinski definition) is 4. The molecular weight excluding hydrogens is 461 g/mol. The highest BCUT2D eigenvalue weighted by atomic mass is 35.5. The first-order chi connectivity index (χ1) is 15.8. The number of imidazole rings is 1. The number of carbonyl (C=O) groups is 1. The molecule has 9 nitrogen and oxygen atoms in total. The number of rotatable bonds is 5. The molecule has 4 aromatic rings. The van der Waals surface area contributed by atoms with Gasteiger partial charge in [-0.05, 0) is 18.2 Å². The summed E-state index contributed by atoms with van der Waals surface area (Å²) in [6.45, 7) is 1.43. The van der Waals surface area contributed by atoms with Crippen molar-refractivity contribution in [3.8, 4) is 11.3 Å². The Kier molecular flexibility index (Phi) is 5.17. The van der Waals surface area contributed by atoms with Crippen LogP contribution in [0.5, 0.6) is 0 Å². The molecule has 0 unspecified atom stereocenters. The molecule has 13 heteroatoms. The number of amides is 1. The predicted molar refractivity (Wildman–Crippen MR) is 114 cm³/mol. The van der Waals surface area contributed by atoms with Crippen LogP contribution < -0.4 is 16.0 Å². The number of H-pyrrole nitrogens is 1. The van der Waals surface area contributed by atoms with Gasteiger partial charge in [-0.25, -0.2) is 9.97 Å². The highest BCUT2D eigenvalue weighted by Gasteiger charge is 2.37. The molecule has 0 saturated carbocycles. The molecule has 1 fully saturated rings. The molecule has 4 heterocycles. The smallest absolute Gasteiger partial charge is 0.347 e. The third-order valence-electron chi connectivity index (χ3n) is 5.21. The molecule has 3 aromatic heterocycles. The topological polar surface area (TPSA) is 112 Å². The third kappa shape index (κ3) is 3.98. The lowest BCUT2D eigenvalue weighted by Gasteiger charge is -2.28. The van der Waals surface area contributed by atoms with Crippen molar-refractivity contribution in [1.29, 1.82) is 0 Å². The van der Waals surface area contributed by atoms with Crippen LogP contribution in [0.1, 0.15) is 16.1 Å². The number of carbonyl (C=O) groups excluding carboxylic acids is 1. The van der Waals surface area contributed by atoms with E-state index in [1.807, 2.05) is 0 Å². The molecular formula is C20H16ClF3N8O. The van der Waals surface area contributed by atoms with Crippen LogP contribution in [0.15, 0.2) is 43.0 Å². The molecule has 1 aromatic carbocycles. The molecule has 0 atom stereocenters. The Labute approximate surface area is 189 Å². The van der Waals surface area contributed by atoms with Crippen molar-refractivity contribution >= 4 is 34.7 Å². The lowest BCUT2D eigenvalue weighted by atomic mass is 10.1. The van der Waals surface area contributed by atoms with Gasteiger partial charge < -0.3 is 16.0 Å². The molecule has 0 aliphatic carbocycles. The number of halogens is 4. The highest BCUT2D eigenvalue weighted by molar-refractivity contribution is 6.34. The Bertz CT molecular complexity index is 1340. The number of aromatic nitrogens is 5. The summed E-state index contributed by atoms with van der Waals surface area (Å²) in [7, 11) is 0. The van der Waals surface area contributed by atoms with E-state index in [2.05, 4.69) is 36.1 Å². The summed E-state index contributed by atoms with van der Waals surface area (Å²) in [6.07, 6.45) is 0.810. The van der Waals surface area contributed by atoms with E-state index in [9.17, 15) is 18.0 Å². The van der Waals surface area contributed by atoms with Crippen LogP contribution in [0.4, 0.5) is 24.7 Å². The van der Waals surface area contributed by atoms with E-state index in [-0.39, 0.29) is 28.2 Å². The Morgan fingerprint density at radius 1 is 1.24 bits per heavy atom. The first-order valence-corrected chi connectivity index (χ1v) is 10.2. The molecule has 5 rings (SSSR count). The number of nitrogens with one attached hydrogen (secondary N) is 4. The largest absolute Gasteiger partial charge is 0.435 e. The molecule has 0 spiro atoms. The van der Waals surface area contributed by atoms with Crippen molar-refractivity contribution in [1.82, 2.24) is 35.2 Å². The molecule has 1 saturated heterocycles. The van der Waals surface area contributed by atoms with Gasteiger partial charge in [-0.15, -0.1) is 0 Å². The van der Waals surface area contributed by atoms with Crippen LogP contribution in [0.3, 0.4) is 0 Å². The average Bonchev–Trinajstić information content (AvgIpc) is 3.38. The predicted octanol–water partition coefficient (Wildman–Crippen LogP) is 3.24. The molecule has 1 aliphatic heterocycles. The number of anilines is 2. The van der Waals surface area contributed by atoms with Gasteiger partial charge in [-0.2, -0.15) is 18.3 Å². The monoisotopic (exact) mass is 476 g/mol. The fourth-order valence-electron chi connectivity index (χ4n) is 3.48. The van der Waals surface area contributed by atoms with Gasteiger partial charge in [0.15, 0.2) is 17.2 Å². The first kappa shape index (κ1) is 21.2. The third-order valence-corrected chi connectivity index (χ3v) is 5.52. The van der Waals surface area contributed by atoms with Crippen LogP contribution in [0.2, 0.25) is 5.02 Å². The maximum absolute atomic E-state index is 13.3. The number of aromatic amines is 1. The second kappa shape index (κ2) is 8.05. The number of nitrogens with zero attached hydrogens (tertiary/aromatic N) is 4. The van der Waals surface area contributed by atoms with Crippen LogP contribution in [0.25, 0.3) is 16.9 Å². The first-order valence-electron chi connectivity index (χ1n) is 9.83. The maximum atomic E-state index is 13.3. The summed E-state index contributed by atoms with van der Waals surface area (Å²) >= 11 is 6.31. The van der Waals surface area contributed by atoms with Crippen molar-refractivity contribution in [2.45, 2.75) is 12.2 Å². The van der Waals surface area contributed by atoms with Crippen molar-refractivity contribution in [2.24, 2.45) is 0 Å². The van der Waals surface area contributed by atoms with Crippen LogP contribution in [-0.4, -0.2) is 49.6 Å². The van der Waals surface area contributed by atoms with Crippen LogP contribution in [0, 0.1) is 0 Å². The summed E-state index contributed by atoms with van der Waals surface area (Å²) in [5.41, 5.74) is 0.208. The van der Waals surface area contributed by atoms with Gasteiger partial charge in [0.1, 0.15) is 0 Å². The van der Waals surface area contributed by atoms with E-state index >= 15 is 0 Å². The molecule has 170 valence electrons. The number of alkyl halides is 3. The second-order valence-corrected chi connectivity index (χ2v) is 7.81. The maximum Gasteiger partial charge on any atom is 0.435 e. The average molecular weight is 477 g/mol. The Hall–Kier alpha value is -3.64. The summed E-state index contributed by atoms with van der Waals surface area (Å²) in [5.74, 6) is 0.0337. The zero-order valence-electron chi connectivity index (χ0n) is 16.7. The van der Waals surface area contributed by atoms with Gasteiger partial charge >= 0.3 is 6.18 Å². The van der Waals surface area contributed by atoms with Crippen LogP contribution >= 0.6 is 11.6 Å². The molecule has 1 aliphatic rings. The summed E-state index contributed by atoms with van der Waals surface area (Å²) in [6, 6.07) is 4.90. The number of benzene rings is 1. The Morgan fingerprint density at radius 3 is 2.76 bits per heavy atom. The second-order valence-electron chi connectivity index (χ2n) is 7.41. The van der Waals surface area contributed by atoms with E-state index in [1.165, 1.54) is 29.2 Å². The van der Waals surface area contributed by atoms with E-state index in [1.54, 1.807) is 18.2 Å². The van der Waals surface area contributed by atoms with E-state index in [0.29, 0.717) is 35.8 Å². The molecule has 4 N–H and O–H groups in total. The minimum absolute atomic E-state index is 0.0795. The van der Waals surface area contributed by atoms with Crippen LogP contribution in [-0.2, 0) is 6.18 Å². The minimum atomic E-state index is -4.62. The summed E-state index contributed by atoms with van der Waals surface area (Å²) in [4.78, 5) is 20.8. The number of hydrogen-bond acceptors (Lipinski definition) is 6.